The summed E-state index contributed by atoms with van der Waals surface area (Å²) >= 11 is 1.49. The van der Waals surface area contributed by atoms with Gasteiger partial charge in [0, 0.05) is 24.9 Å². The molecule has 1 aliphatic heterocycles. The molecule has 47 heavy (non-hydrogen) atoms. The van der Waals surface area contributed by atoms with Crippen LogP contribution in [-0.4, -0.2) is 93.7 Å². The Balaban J connectivity index is 1.63. The molecule has 1 aromatic heterocycles. The first-order chi connectivity index (χ1) is 22.7. The minimum absolute atomic E-state index is 0.0634. The Morgan fingerprint density at radius 1 is 1.04 bits per heavy atom. The first kappa shape index (κ1) is 35.2. The van der Waals surface area contributed by atoms with Gasteiger partial charge in [0.05, 0.1) is 32.6 Å². The molecular weight excluding hydrogens is 626 g/mol. The first-order valence-electron chi connectivity index (χ1n) is 15.3. The standard InChI is InChI=1S/C32H41N7O7S/c1-20(40)28-32(44)35-25(16-21-8-5-4-6-9-21)30(42)33-18-23-19-39(38-37-23)13-7-14-46-27-17-22(10-11-26(27)45-2)29(41)34-24(12-15-47-3)31(43)36-28/h4-6,8-11,17,19-20,24-25,28,40H,7,12-16,18H2,1-3H3,(H,33,42)(H,34,41)(H,35,44)(H,36,43)/t20-,24-,25+,28+/m1/s1. The Morgan fingerprint density at radius 3 is 2.55 bits per heavy atom. The second-order valence-corrected chi connectivity index (χ2v) is 12.0. The maximum absolute atomic E-state index is 13.6. The van der Waals surface area contributed by atoms with Crippen molar-refractivity contribution < 1.29 is 33.8 Å². The van der Waals surface area contributed by atoms with E-state index in [0.717, 1.165) is 5.56 Å². The fourth-order valence-corrected chi connectivity index (χ4v) is 5.37. The normalized spacial score (nSPS) is 20.6. The summed E-state index contributed by atoms with van der Waals surface area (Å²) in [6.45, 7) is 2.18. The van der Waals surface area contributed by atoms with E-state index in [4.69, 9.17) is 9.47 Å². The van der Waals surface area contributed by atoms with Crippen LogP contribution in [0.4, 0.5) is 0 Å². The van der Waals surface area contributed by atoms with Crippen LogP contribution in [0.25, 0.3) is 0 Å². The van der Waals surface area contributed by atoms with Gasteiger partial charge in [-0.1, -0.05) is 35.5 Å². The van der Waals surface area contributed by atoms with E-state index in [-0.39, 0.29) is 31.6 Å². The van der Waals surface area contributed by atoms with Gasteiger partial charge in [0.15, 0.2) is 11.5 Å². The lowest BCUT2D eigenvalue weighted by Crippen LogP contribution is -2.60. The van der Waals surface area contributed by atoms with E-state index in [9.17, 15) is 24.3 Å². The van der Waals surface area contributed by atoms with Crippen LogP contribution in [-0.2, 0) is 33.9 Å². The molecule has 0 spiro atoms. The Morgan fingerprint density at radius 2 is 1.83 bits per heavy atom. The quantitative estimate of drug-likeness (QED) is 0.242. The highest BCUT2D eigenvalue weighted by Gasteiger charge is 2.32. The highest BCUT2D eigenvalue weighted by molar-refractivity contribution is 7.98. The molecular formula is C32H41N7O7S. The molecule has 0 fully saturated rings. The summed E-state index contributed by atoms with van der Waals surface area (Å²) in [6.07, 6.45) is 3.22. The van der Waals surface area contributed by atoms with Crippen molar-refractivity contribution in [2.45, 2.75) is 63.5 Å². The third-order valence-corrected chi connectivity index (χ3v) is 8.10. The van der Waals surface area contributed by atoms with Crippen molar-refractivity contribution in [3.63, 3.8) is 0 Å². The molecule has 2 aromatic carbocycles. The summed E-state index contributed by atoms with van der Waals surface area (Å²) in [7, 11) is 1.49. The van der Waals surface area contributed by atoms with Crippen LogP contribution in [0, 0.1) is 0 Å². The molecule has 0 saturated heterocycles. The number of amides is 4. The van der Waals surface area contributed by atoms with Crippen molar-refractivity contribution in [3.8, 4) is 11.5 Å². The highest BCUT2D eigenvalue weighted by Crippen LogP contribution is 2.28. The van der Waals surface area contributed by atoms with Crippen molar-refractivity contribution in [2.24, 2.45) is 0 Å². The molecule has 5 N–H and O–H groups in total. The lowest BCUT2D eigenvalue weighted by molar-refractivity contribution is -0.134. The van der Waals surface area contributed by atoms with Crippen LogP contribution in [0.2, 0.25) is 0 Å². The van der Waals surface area contributed by atoms with Crippen LogP contribution < -0.4 is 30.7 Å². The molecule has 4 amide bonds. The molecule has 0 radical (unpaired) electrons. The number of benzene rings is 2. The topological polar surface area (TPSA) is 186 Å². The number of rotatable bonds is 7. The Hall–Kier alpha value is -4.63. The second kappa shape index (κ2) is 17.3. The monoisotopic (exact) mass is 667 g/mol. The lowest BCUT2D eigenvalue weighted by atomic mass is 10.0. The summed E-state index contributed by atoms with van der Waals surface area (Å²) in [4.78, 5) is 53.8. The van der Waals surface area contributed by atoms with Gasteiger partial charge < -0.3 is 35.8 Å². The van der Waals surface area contributed by atoms with Crippen LogP contribution in [0.5, 0.6) is 11.5 Å². The smallest absolute Gasteiger partial charge is 0.252 e. The summed E-state index contributed by atoms with van der Waals surface area (Å²) in [5.74, 6) is -1.12. The molecule has 2 heterocycles. The van der Waals surface area contributed by atoms with E-state index in [1.54, 1.807) is 29.1 Å². The fourth-order valence-electron chi connectivity index (χ4n) is 4.89. The van der Waals surface area contributed by atoms with Crippen LogP contribution in [0.15, 0.2) is 54.7 Å². The van der Waals surface area contributed by atoms with Crippen molar-refractivity contribution in [3.05, 3.63) is 71.5 Å². The average Bonchev–Trinajstić information content (AvgIpc) is 3.53. The van der Waals surface area contributed by atoms with Gasteiger partial charge >= 0.3 is 0 Å². The van der Waals surface area contributed by atoms with Gasteiger partial charge in [0.25, 0.3) is 5.91 Å². The zero-order chi connectivity index (χ0) is 33.8. The van der Waals surface area contributed by atoms with E-state index in [1.165, 1.54) is 25.8 Å². The molecule has 1 aliphatic rings. The number of carbonyl (C=O) groups excluding carboxylic acids is 4. The van der Waals surface area contributed by atoms with Gasteiger partial charge in [-0.2, -0.15) is 11.8 Å². The van der Waals surface area contributed by atoms with Gasteiger partial charge in [-0.15, -0.1) is 5.10 Å². The number of aromatic nitrogens is 3. The van der Waals surface area contributed by atoms with E-state index < -0.39 is 47.9 Å². The zero-order valence-electron chi connectivity index (χ0n) is 26.6. The highest BCUT2D eigenvalue weighted by atomic mass is 32.2. The number of hydrogen-bond acceptors (Lipinski definition) is 10. The molecule has 4 atom stereocenters. The molecule has 3 aromatic rings. The van der Waals surface area contributed by atoms with Gasteiger partial charge in [-0.3, -0.25) is 23.9 Å². The summed E-state index contributed by atoms with van der Waals surface area (Å²) < 4.78 is 13.0. The third kappa shape index (κ3) is 10.2. The molecule has 252 valence electrons. The number of thioether (sulfide) groups is 1. The largest absolute Gasteiger partial charge is 0.493 e. The summed E-state index contributed by atoms with van der Waals surface area (Å²) in [5, 5.41) is 29.7. The molecule has 4 rings (SSSR count). The fraction of sp³-hybridized carbons (Fsp3) is 0.438. The molecule has 0 aliphatic carbocycles. The number of ether oxygens (including phenoxy) is 2. The third-order valence-electron chi connectivity index (χ3n) is 7.46. The Kier molecular flexibility index (Phi) is 13.0. The Bertz CT molecular complexity index is 1520. The number of hydrogen-bond donors (Lipinski definition) is 5. The van der Waals surface area contributed by atoms with Crippen molar-refractivity contribution >= 4 is 35.4 Å². The summed E-state index contributed by atoms with van der Waals surface area (Å²) in [5.41, 5.74) is 1.55. The van der Waals surface area contributed by atoms with Crippen molar-refractivity contribution in [1.82, 2.24) is 36.3 Å². The number of nitrogens with one attached hydrogen (secondary N) is 4. The number of aliphatic hydroxyl groups is 1. The van der Waals surface area contributed by atoms with E-state index in [2.05, 4.69) is 31.6 Å². The lowest BCUT2D eigenvalue weighted by Gasteiger charge is -2.27. The number of nitrogens with zero attached hydrogens (tertiary/aromatic N) is 3. The van der Waals surface area contributed by atoms with Crippen LogP contribution in [0.1, 0.15) is 41.4 Å². The molecule has 4 bridgehead atoms. The van der Waals surface area contributed by atoms with E-state index >= 15 is 0 Å². The Labute approximate surface area is 277 Å². The summed E-state index contributed by atoms with van der Waals surface area (Å²) in [6, 6.07) is 10.4. The van der Waals surface area contributed by atoms with Crippen molar-refractivity contribution in [1.29, 1.82) is 0 Å². The first-order valence-corrected chi connectivity index (χ1v) is 16.7. The SMILES string of the molecule is COc1ccc2cc1OCCCn1cc(nn1)CNC(=O)[C@H](Cc1ccccc1)NC(=O)[C@H]([C@@H](C)O)NC(=O)[C@@H](CCSC)NC2=O. The number of carbonyl (C=O) groups is 4. The predicted octanol–water partition coefficient (Wildman–Crippen LogP) is 0.830. The molecule has 15 heteroatoms. The minimum atomic E-state index is -1.42. The van der Waals surface area contributed by atoms with Gasteiger partial charge in [0.2, 0.25) is 17.7 Å². The number of aliphatic hydroxyl groups excluding tert-OH is 1. The predicted molar refractivity (Wildman–Crippen MR) is 175 cm³/mol. The number of aryl methyl sites for hydroxylation is 1. The van der Waals surface area contributed by atoms with E-state index in [0.29, 0.717) is 35.9 Å². The maximum Gasteiger partial charge on any atom is 0.252 e. The van der Waals surface area contributed by atoms with Crippen LogP contribution in [0.3, 0.4) is 0 Å². The van der Waals surface area contributed by atoms with Crippen molar-refractivity contribution in [2.75, 3.05) is 25.7 Å². The molecule has 0 saturated carbocycles. The van der Waals surface area contributed by atoms with Gasteiger partial charge in [-0.05, 0) is 49.1 Å². The van der Waals surface area contributed by atoms with E-state index in [1.807, 2.05) is 36.6 Å². The van der Waals surface area contributed by atoms with Gasteiger partial charge in [0.1, 0.15) is 23.8 Å². The average molecular weight is 668 g/mol. The number of methoxy groups -OCH3 is 1. The molecule has 0 unspecified atom stereocenters. The second-order valence-electron chi connectivity index (χ2n) is 11.0. The molecule has 14 nitrogen and oxygen atoms in total. The minimum Gasteiger partial charge on any atom is -0.493 e. The van der Waals surface area contributed by atoms with Gasteiger partial charge in [-0.25, -0.2) is 0 Å². The maximum atomic E-state index is 13.6. The zero-order valence-corrected chi connectivity index (χ0v) is 27.4. The van der Waals surface area contributed by atoms with Crippen LogP contribution >= 0.6 is 11.8 Å². The number of fused-ring (bicyclic) bond motifs is 4.